The molecule has 15 heavy (non-hydrogen) atoms. The van der Waals surface area contributed by atoms with Crippen LogP contribution >= 0.6 is 0 Å². The van der Waals surface area contributed by atoms with E-state index in [0.717, 1.165) is 31.8 Å². The molecule has 1 fully saturated rings. The van der Waals surface area contributed by atoms with Gasteiger partial charge in [0.1, 0.15) is 0 Å². The molecule has 1 saturated heterocycles. The van der Waals surface area contributed by atoms with Crippen molar-refractivity contribution in [3.05, 3.63) is 0 Å². The lowest BCUT2D eigenvalue weighted by Gasteiger charge is -2.16. The maximum absolute atomic E-state index is 5.77. The second-order valence-corrected chi connectivity index (χ2v) is 4.53. The summed E-state index contributed by atoms with van der Waals surface area (Å²) in [4.78, 5) is 0. The molecular formula is C12H26N2O. The van der Waals surface area contributed by atoms with E-state index in [9.17, 15) is 0 Å². The molecule has 0 saturated carbocycles. The average molecular weight is 214 g/mol. The Balaban J connectivity index is 2.05. The second-order valence-electron chi connectivity index (χ2n) is 4.53. The fourth-order valence-electron chi connectivity index (χ4n) is 2.13. The van der Waals surface area contributed by atoms with Gasteiger partial charge in [0.05, 0.1) is 12.2 Å². The van der Waals surface area contributed by atoms with E-state index in [1.807, 2.05) is 0 Å². The molecule has 3 nitrogen and oxygen atoms in total. The Hall–Kier alpha value is -0.120. The normalized spacial score (nSPS) is 26.4. The molecule has 1 rings (SSSR count). The number of nitrogens with two attached hydrogens (primary N) is 1. The van der Waals surface area contributed by atoms with Gasteiger partial charge in [-0.1, -0.05) is 26.7 Å². The van der Waals surface area contributed by atoms with Gasteiger partial charge in [-0.05, 0) is 25.3 Å². The van der Waals surface area contributed by atoms with E-state index >= 15 is 0 Å². The van der Waals surface area contributed by atoms with Gasteiger partial charge in [-0.3, -0.25) is 0 Å². The van der Waals surface area contributed by atoms with Crippen LogP contribution in [0.5, 0.6) is 0 Å². The van der Waals surface area contributed by atoms with Crippen LogP contribution in [0.2, 0.25) is 0 Å². The highest BCUT2D eigenvalue weighted by Gasteiger charge is 2.23. The van der Waals surface area contributed by atoms with Crippen molar-refractivity contribution in [3.8, 4) is 0 Å². The smallest absolute Gasteiger partial charge is 0.0704 e. The highest BCUT2D eigenvalue weighted by molar-refractivity contribution is 4.76. The molecule has 0 radical (unpaired) electrons. The van der Waals surface area contributed by atoms with Crippen molar-refractivity contribution in [2.24, 2.45) is 11.7 Å². The van der Waals surface area contributed by atoms with Gasteiger partial charge in [0, 0.05) is 13.1 Å². The molecule has 1 aliphatic heterocycles. The van der Waals surface area contributed by atoms with E-state index in [0.29, 0.717) is 18.8 Å². The Labute approximate surface area is 93.8 Å². The Morgan fingerprint density at radius 1 is 1.27 bits per heavy atom. The lowest BCUT2D eigenvalue weighted by atomic mass is 10.0. The Bertz CT molecular complexity index is 160. The fraction of sp³-hybridized carbons (Fsp3) is 1.00. The molecule has 1 heterocycles. The van der Waals surface area contributed by atoms with E-state index in [1.54, 1.807) is 0 Å². The zero-order valence-corrected chi connectivity index (χ0v) is 10.2. The van der Waals surface area contributed by atoms with Crippen LogP contribution in [0, 0.1) is 5.92 Å². The van der Waals surface area contributed by atoms with Crippen molar-refractivity contribution in [2.45, 2.75) is 51.7 Å². The van der Waals surface area contributed by atoms with Gasteiger partial charge in [-0.2, -0.15) is 0 Å². The largest absolute Gasteiger partial charge is 0.372 e. The number of hydrogen-bond acceptors (Lipinski definition) is 3. The van der Waals surface area contributed by atoms with Crippen LogP contribution in [-0.2, 0) is 4.74 Å². The van der Waals surface area contributed by atoms with Gasteiger partial charge in [-0.15, -0.1) is 0 Å². The minimum absolute atomic E-state index is 0.310. The number of hydrogen-bond donors (Lipinski definition) is 2. The first-order chi connectivity index (χ1) is 7.30. The number of nitrogens with one attached hydrogen (secondary N) is 1. The first-order valence-corrected chi connectivity index (χ1v) is 6.36. The minimum atomic E-state index is 0.310. The van der Waals surface area contributed by atoms with Crippen molar-refractivity contribution in [3.63, 3.8) is 0 Å². The Morgan fingerprint density at radius 2 is 1.93 bits per heavy atom. The summed E-state index contributed by atoms with van der Waals surface area (Å²) >= 11 is 0. The van der Waals surface area contributed by atoms with Gasteiger partial charge in [0.2, 0.25) is 0 Å². The lowest BCUT2D eigenvalue weighted by molar-refractivity contribution is 0.0500. The molecule has 2 unspecified atom stereocenters. The van der Waals surface area contributed by atoms with E-state index < -0.39 is 0 Å². The zero-order chi connectivity index (χ0) is 11.1. The Kier molecular flexibility index (Phi) is 6.22. The standard InChI is InChI=1S/C12H26N2O/c1-3-10(4-2)8-14-9-12-6-5-11(7-13)15-12/h10-12,14H,3-9,13H2,1-2H3. The van der Waals surface area contributed by atoms with Crippen molar-refractivity contribution < 1.29 is 4.74 Å². The predicted molar refractivity (Wildman–Crippen MR) is 63.9 cm³/mol. The van der Waals surface area contributed by atoms with E-state index in [-0.39, 0.29) is 0 Å². The first-order valence-electron chi connectivity index (χ1n) is 6.36. The summed E-state index contributed by atoms with van der Waals surface area (Å²) in [5.74, 6) is 0.816. The minimum Gasteiger partial charge on any atom is -0.372 e. The third-order valence-corrected chi connectivity index (χ3v) is 3.42. The molecule has 2 atom stereocenters. The summed E-state index contributed by atoms with van der Waals surface area (Å²) in [6, 6.07) is 0. The first kappa shape index (κ1) is 12.9. The van der Waals surface area contributed by atoms with E-state index in [1.165, 1.54) is 12.8 Å². The average Bonchev–Trinajstić information content (AvgIpc) is 2.72. The molecule has 0 amide bonds. The van der Waals surface area contributed by atoms with Gasteiger partial charge < -0.3 is 15.8 Å². The third-order valence-electron chi connectivity index (χ3n) is 3.42. The molecule has 0 aromatic rings. The molecule has 3 heteroatoms. The SMILES string of the molecule is CCC(CC)CNCC1CCC(CN)O1. The summed E-state index contributed by atoms with van der Waals surface area (Å²) < 4.78 is 5.77. The van der Waals surface area contributed by atoms with Crippen LogP contribution in [0.25, 0.3) is 0 Å². The topological polar surface area (TPSA) is 47.3 Å². The molecular weight excluding hydrogens is 188 g/mol. The summed E-state index contributed by atoms with van der Waals surface area (Å²) in [7, 11) is 0. The van der Waals surface area contributed by atoms with Crippen LogP contribution in [0.15, 0.2) is 0 Å². The molecule has 0 bridgehead atoms. The second kappa shape index (κ2) is 7.20. The van der Waals surface area contributed by atoms with Crippen molar-refractivity contribution in [2.75, 3.05) is 19.6 Å². The van der Waals surface area contributed by atoms with E-state index in [2.05, 4.69) is 19.2 Å². The highest BCUT2D eigenvalue weighted by atomic mass is 16.5. The van der Waals surface area contributed by atoms with Crippen LogP contribution in [0.3, 0.4) is 0 Å². The third kappa shape index (κ3) is 4.49. The van der Waals surface area contributed by atoms with Crippen LogP contribution < -0.4 is 11.1 Å². The van der Waals surface area contributed by atoms with Crippen LogP contribution in [-0.4, -0.2) is 31.8 Å². The van der Waals surface area contributed by atoms with Crippen molar-refractivity contribution >= 4 is 0 Å². The summed E-state index contributed by atoms with van der Waals surface area (Å²) in [6.45, 7) is 7.30. The van der Waals surface area contributed by atoms with Gasteiger partial charge in [0.25, 0.3) is 0 Å². The molecule has 0 aliphatic carbocycles. The van der Waals surface area contributed by atoms with Gasteiger partial charge >= 0.3 is 0 Å². The molecule has 3 N–H and O–H groups in total. The highest BCUT2D eigenvalue weighted by Crippen LogP contribution is 2.18. The predicted octanol–water partition coefficient (Wildman–Crippen LogP) is 1.52. The summed E-state index contributed by atoms with van der Waals surface area (Å²) in [6.07, 6.45) is 5.53. The fourth-order valence-corrected chi connectivity index (χ4v) is 2.13. The zero-order valence-electron chi connectivity index (χ0n) is 10.2. The maximum Gasteiger partial charge on any atom is 0.0704 e. The molecule has 0 aromatic heterocycles. The van der Waals surface area contributed by atoms with Crippen molar-refractivity contribution in [1.82, 2.24) is 5.32 Å². The molecule has 1 aliphatic rings. The number of ether oxygens (including phenoxy) is 1. The number of rotatable bonds is 7. The molecule has 0 spiro atoms. The van der Waals surface area contributed by atoms with E-state index in [4.69, 9.17) is 10.5 Å². The van der Waals surface area contributed by atoms with Crippen molar-refractivity contribution in [1.29, 1.82) is 0 Å². The van der Waals surface area contributed by atoms with Crippen LogP contribution in [0.4, 0.5) is 0 Å². The van der Waals surface area contributed by atoms with Gasteiger partial charge in [0.15, 0.2) is 0 Å². The molecule has 0 aromatic carbocycles. The van der Waals surface area contributed by atoms with Gasteiger partial charge in [-0.25, -0.2) is 0 Å². The maximum atomic E-state index is 5.77. The summed E-state index contributed by atoms with van der Waals surface area (Å²) in [5, 5.41) is 3.51. The Morgan fingerprint density at radius 3 is 2.47 bits per heavy atom. The lowest BCUT2D eigenvalue weighted by Crippen LogP contribution is -2.31. The molecule has 90 valence electrons. The summed E-state index contributed by atoms with van der Waals surface area (Å²) in [5.41, 5.74) is 5.57. The monoisotopic (exact) mass is 214 g/mol. The van der Waals surface area contributed by atoms with Crippen LogP contribution in [0.1, 0.15) is 39.5 Å². The quantitative estimate of drug-likeness (QED) is 0.675.